The zero-order chi connectivity index (χ0) is 14.4. The number of carbonyl (C=O) groups is 1. The average Bonchev–Trinajstić information content (AvgIpc) is 2.35. The van der Waals surface area contributed by atoms with Crippen molar-refractivity contribution in [1.82, 2.24) is 4.90 Å². The van der Waals surface area contributed by atoms with E-state index in [9.17, 15) is 9.90 Å². The molecule has 1 aliphatic carbocycles. The zero-order valence-electron chi connectivity index (χ0n) is 12.6. The van der Waals surface area contributed by atoms with Crippen LogP contribution in [-0.2, 0) is 0 Å². The number of hydrogen-bond acceptors (Lipinski definition) is 2. The molecule has 0 aromatic heterocycles. The van der Waals surface area contributed by atoms with E-state index in [1.165, 1.54) is 0 Å². The lowest BCUT2D eigenvalue weighted by Gasteiger charge is -2.53. The van der Waals surface area contributed by atoms with Crippen molar-refractivity contribution in [2.45, 2.75) is 65.5 Å². The molecule has 1 aliphatic rings. The molecule has 0 heterocycles. The van der Waals surface area contributed by atoms with Crippen molar-refractivity contribution in [3.8, 4) is 0 Å². The summed E-state index contributed by atoms with van der Waals surface area (Å²) < 4.78 is 0. The molecule has 2 atom stereocenters. The molecule has 0 unspecified atom stereocenters. The molecular weight excluding hydrogens is 228 g/mol. The van der Waals surface area contributed by atoms with Gasteiger partial charge in [0, 0.05) is 11.1 Å². The fraction of sp³-hybridized carbons (Fsp3) is 0.929. The van der Waals surface area contributed by atoms with Crippen LogP contribution in [0.5, 0.6) is 0 Å². The van der Waals surface area contributed by atoms with Gasteiger partial charge in [-0.05, 0) is 58.4 Å². The van der Waals surface area contributed by atoms with Crippen LogP contribution in [0.2, 0.25) is 0 Å². The van der Waals surface area contributed by atoms with Gasteiger partial charge in [0.15, 0.2) is 0 Å². The van der Waals surface area contributed by atoms with E-state index in [0.717, 1.165) is 12.8 Å². The second kappa shape index (κ2) is 4.41. The summed E-state index contributed by atoms with van der Waals surface area (Å²) in [5.74, 6) is 0.381. The van der Waals surface area contributed by atoms with Crippen LogP contribution in [0.25, 0.3) is 0 Å². The Labute approximate surface area is 111 Å². The monoisotopic (exact) mass is 256 g/mol. The Bertz CT molecular complexity index is 333. The van der Waals surface area contributed by atoms with Gasteiger partial charge in [-0.2, -0.15) is 0 Å². The summed E-state index contributed by atoms with van der Waals surface area (Å²) in [6.07, 6.45) is 1.04. The first-order chi connectivity index (χ1) is 7.98. The maximum atomic E-state index is 11.7. The van der Waals surface area contributed by atoms with E-state index in [2.05, 4.69) is 20.8 Å². The highest BCUT2D eigenvalue weighted by Gasteiger charge is 2.57. The van der Waals surface area contributed by atoms with Gasteiger partial charge in [0.05, 0.1) is 0 Å². The molecule has 0 aromatic rings. The number of amides is 1. The van der Waals surface area contributed by atoms with Gasteiger partial charge in [0.25, 0.3) is 0 Å². The lowest BCUT2D eigenvalue weighted by atomic mass is 9.69. The number of rotatable bonds is 2. The average molecular weight is 256 g/mol. The third-order valence-corrected chi connectivity index (χ3v) is 5.03. The second-order valence-electron chi connectivity index (χ2n) is 7.26. The van der Waals surface area contributed by atoms with Crippen molar-refractivity contribution < 1.29 is 9.90 Å². The van der Waals surface area contributed by atoms with Crippen molar-refractivity contribution in [2.24, 2.45) is 17.1 Å². The van der Waals surface area contributed by atoms with E-state index in [1.807, 2.05) is 20.8 Å². The molecule has 1 saturated carbocycles. The first kappa shape index (κ1) is 15.3. The van der Waals surface area contributed by atoms with Crippen LogP contribution in [0, 0.1) is 11.3 Å². The van der Waals surface area contributed by atoms with E-state index in [0.29, 0.717) is 12.5 Å². The summed E-state index contributed by atoms with van der Waals surface area (Å²) in [4.78, 5) is 13.4. The van der Waals surface area contributed by atoms with Gasteiger partial charge in [-0.3, -0.25) is 4.90 Å². The maximum Gasteiger partial charge on any atom is 0.408 e. The Morgan fingerprint density at radius 3 is 2.17 bits per heavy atom. The van der Waals surface area contributed by atoms with Crippen LogP contribution in [0.1, 0.15) is 54.4 Å². The van der Waals surface area contributed by atoms with Crippen LogP contribution in [0.15, 0.2) is 0 Å². The van der Waals surface area contributed by atoms with Crippen molar-refractivity contribution in [2.75, 3.05) is 6.54 Å². The van der Waals surface area contributed by atoms with Gasteiger partial charge in [-0.1, -0.05) is 13.8 Å². The normalized spacial score (nSPS) is 31.4. The van der Waals surface area contributed by atoms with Gasteiger partial charge in [0.2, 0.25) is 0 Å². The lowest BCUT2D eigenvalue weighted by Crippen LogP contribution is -2.63. The molecule has 4 nitrogen and oxygen atoms in total. The molecule has 0 spiro atoms. The molecule has 1 amide bonds. The Balaban J connectivity index is 3.24. The summed E-state index contributed by atoms with van der Waals surface area (Å²) in [7, 11) is 0. The Morgan fingerprint density at radius 2 is 1.89 bits per heavy atom. The molecule has 0 saturated heterocycles. The van der Waals surface area contributed by atoms with E-state index in [-0.39, 0.29) is 11.0 Å². The highest BCUT2D eigenvalue weighted by atomic mass is 16.4. The molecule has 106 valence electrons. The number of hydrogen-bond donors (Lipinski definition) is 2. The number of nitrogens with two attached hydrogens (primary N) is 1. The minimum atomic E-state index is -0.837. The van der Waals surface area contributed by atoms with Crippen LogP contribution < -0.4 is 5.73 Å². The molecule has 0 aromatic carbocycles. The SMILES string of the molecule is CC(C)(C)N(C(=O)O)[C@]1(C)CC[C@H](CN)C1(C)C. The number of carboxylic acid groups (broad SMARTS) is 1. The summed E-state index contributed by atoms with van der Waals surface area (Å²) >= 11 is 0. The topological polar surface area (TPSA) is 66.6 Å². The molecular formula is C14H28N2O2. The molecule has 0 radical (unpaired) electrons. The van der Waals surface area contributed by atoms with Crippen LogP contribution >= 0.6 is 0 Å². The minimum Gasteiger partial charge on any atom is -0.465 e. The molecule has 3 N–H and O–H groups in total. The van der Waals surface area contributed by atoms with E-state index < -0.39 is 11.6 Å². The smallest absolute Gasteiger partial charge is 0.408 e. The predicted molar refractivity (Wildman–Crippen MR) is 73.6 cm³/mol. The van der Waals surface area contributed by atoms with Crippen molar-refractivity contribution >= 4 is 6.09 Å². The Morgan fingerprint density at radius 1 is 1.39 bits per heavy atom. The third-order valence-electron chi connectivity index (χ3n) is 5.03. The summed E-state index contributed by atoms with van der Waals surface area (Å²) in [5, 5.41) is 9.62. The zero-order valence-corrected chi connectivity index (χ0v) is 12.6. The molecule has 0 aliphatic heterocycles. The van der Waals surface area contributed by atoms with E-state index in [1.54, 1.807) is 4.90 Å². The van der Waals surface area contributed by atoms with Gasteiger partial charge in [-0.15, -0.1) is 0 Å². The van der Waals surface area contributed by atoms with Gasteiger partial charge < -0.3 is 10.8 Å². The Hall–Kier alpha value is -0.770. The maximum absolute atomic E-state index is 11.7. The van der Waals surface area contributed by atoms with Crippen molar-refractivity contribution in [3.63, 3.8) is 0 Å². The summed E-state index contributed by atoms with van der Waals surface area (Å²) in [6.45, 7) is 12.9. The van der Waals surface area contributed by atoms with Crippen LogP contribution in [-0.4, -0.2) is 33.7 Å². The van der Waals surface area contributed by atoms with Gasteiger partial charge in [0.1, 0.15) is 0 Å². The standard InChI is InChI=1S/C14H28N2O2/c1-12(2,3)16(11(17)18)14(6)8-7-10(9-15)13(14,4)5/h10H,7-9,15H2,1-6H3,(H,17,18)/t10-,14-/m1/s1. The van der Waals surface area contributed by atoms with Gasteiger partial charge in [-0.25, -0.2) is 4.79 Å². The minimum absolute atomic E-state index is 0.104. The second-order valence-corrected chi connectivity index (χ2v) is 7.26. The largest absolute Gasteiger partial charge is 0.465 e. The Kier molecular flexibility index (Phi) is 3.74. The molecule has 0 bridgehead atoms. The lowest BCUT2D eigenvalue weighted by molar-refractivity contribution is -0.0348. The molecule has 18 heavy (non-hydrogen) atoms. The fourth-order valence-corrected chi connectivity index (χ4v) is 3.63. The van der Waals surface area contributed by atoms with E-state index in [4.69, 9.17) is 5.73 Å². The van der Waals surface area contributed by atoms with E-state index >= 15 is 0 Å². The first-order valence-corrected chi connectivity index (χ1v) is 6.72. The van der Waals surface area contributed by atoms with Crippen LogP contribution in [0.3, 0.4) is 0 Å². The summed E-state index contributed by atoms with van der Waals surface area (Å²) in [5.41, 5.74) is 4.98. The highest BCUT2D eigenvalue weighted by molar-refractivity contribution is 5.67. The molecule has 4 heteroatoms. The van der Waals surface area contributed by atoms with Crippen molar-refractivity contribution in [1.29, 1.82) is 0 Å². The molecule has 1 fully saturated rings. The number of nitrogens with zero attached hydrogens (tertiary/aromatic N) is 1. The predicted octanol–water partition coefficient (Wildman–Crippen LogP) is 2.92. The third kappa shape index (κ3) is 2.11. The van der Waals surface area contributed by atoms with Crippen molar-refractivity contribution in [3.05, 3.63) is 0 Å². The quantitative estimate of drug-likeness (QED) is 0.798. The fourth-order valence-electron chi connectivity index (χ4n) is 3.63. The molecule has 1 rings (SSSR count). The van der Waals surface area contributed by atoms with Crippen LogP contribution in [0.4, 0.5) is 4.79 Å². The first-order valence-electron chi connectivity index (χ1n) is 6.72. The van der Waals surface area contributed by atoms with Gasteiger partial charge >= 0.3 is 6.09 Å². The summed E-state index contributed by atoms with van der Waals surface area (Å²) in [6, 6.07) is 0. The highest BCUT2D eigenvalue weighted by Crippen LogP contribution is 2.54.